The zero-order valence-electron chi connectivity index (χ0n) is 12.9. The van der Waals surface area contributed by atoms with Gasteiger partial charge in [-0.15, -0.1) is 0 Å². The summed E-state index contributed by atoms with van der Waals surface area (Å²) in [5.41, 5.74) is 2.19. The first-order valence-corrected chi connectivity index (χ1v) is 8.15. The minimum atomic E-state index is -0.627. The summed E-state index contributed by atoms with van der Waals surface area (Å²) in [5.74, 6) is 1.71. The van der Waals surface area contributed by atoms with Crippen LogP contribution in [-0.2, 0) is 16.6 Å². The van der Waals surface area contributed by atoms with Crippen molar-refractivity contribution in [1.29, 1.82) is 0 Å². The number of ether oxygens (including phenoxy) is 2. The molecule has 5 nitrogen and oxygen atoms in total. The van der Waals surface area contributed by atoms with Gasteiger partial charge >= 0.3 is 0 Å². The van der Waals surface area contributed by atoms with Crippen molar-refractivity contribution < 1.29 is 19.4 Å². The molecule has 1 spiro atoms. The maximum Gasteiger partial charge on any atom is 0.209 e. The van der Waals surface area contributed by atoms with Gasteiger partial charge in [0.2, 0.25) is 6.41 Å². The summed E-state index contributed by atoms with van der Waals surface area (Å²) in [5, 5.41) is 10.5. The number of likely N-dealkylation sites (tertiary alicyclic amines) is 1. The molecule has 23 heavy (non-hydrogen) atoms. The van der Waals surface area contributed by atoms with Crippen molar-refractivity contribution in [2.24, 2.45) is 5.92 Å². The molecule has 2 heterocycles. The lowest BCUT2D eigenvalue weighted by Crippen LogP contribution is -2.65. The molecular weight excluding hydrogens is 294 g/mol. The van der Waals surface area contributed by atoms with Crippen molar-refractivity contribution in [2.45, 2.75) is 36.5 Å². The minimum Gasteiger partial charge on any atom is -0.493 e. The van der Waals surface area contributed by atoms with E-state index in [0.717, 1.165) is 30.8 Å². The number of nitrogens with zero attached hydrogens (tertiary/aromatic N) is 1. The fourth-order valence-electron chi connectivity index (χ4n) is 5.37. The van der Waals surface area contributed by atoms with Crippen molar-refractivity contribution >= 4 is 6.41 Å². The number of aliphatic hydroxyl groups excluding tert-OH is 1. The first-order valence-electron chi connectivity index (χ1n) is 8.15. The average molecular weight is 313 g/mol. The Kier molecular flexibility index (Phi) is 2.51. The lowest BCUT2D eigenvalue weighted by molar-refractivity contribution is -0.127. The van der Waals surface area contributed by atoms with E-state index in [4.69, 9.17) is 9.47 Å². The lowest BCUT2D eigenvalue weighted by atomic mass is 9.53. The third-order valence-electron chi connectivity index (χ3n) is 6.26. The molecule has 2 aliphatic carbocycles. The Morgan fingerprint density at radius 3 is 3.09 bits per heavy atom. The van der Waals surface area contributed by atoms with E-state index in [2.05, 4.69) is 12.1 Å². The average Bonchev–Trinajstić information content (AvgIpc) is 2.91. The monoisotopic (exact) mass is 313 g/mol. The van der Waals surface area contributed by atoms with Gasteiger partial charge < -0.3 is 19.5 Å². The molecule has 4 aliphatic rings. The predicted octanol–water partition coefficient (Wildman–Crippen LogP) is 1.03. The first-order chi connectivity index (χ1) is 11.2. The Morgan fingerprint density at radius 1 is 1.43 bits per heavy atom. The fourth-order valence-corrected chi connectivity index (χ4v) is 5.37. The predicted molar refractivity (Wildman–Crippen MR) is 82.6 cm³/mol. The maximum absolute atomic E-state index is 11.5. The largest absolute Gasteiger partial charge is 0.493 e. The van der Waals surface area contributed by atoms with Crippen LogP contribution in [0.15, 0.2) is 24.3 Å². The summed E-state index contributed by atoms with van der Waals surface area (Å²) >= 11 is 0. The van der Waals surface area contributed by atoms with Gasteiger partial charge in [-0.1, -0.05) is 18.2 Å². The van der Waals surface area contributed by atoms with Crippen molar-refractivity contribution in [3.63, 3.8) is 0 Å². The van der Waals surface area contributed by atoms with Crippen LogP contribution in [0.2, 0.25) is 0 Å². The summed E-state index contributed by atoms with van der Waals surface area (Å²) in [6.07, 6.45) is 5.62. The second-order valence-corrected chi connectivity index (χ2v) is 6.98. The highest BCUT2D eigenvalue weighted by Crippen LogP contribution is 2.62. The number of rotatable bonds is 2. The summed E-state index contributed by atoms with van der Waals surface area (Å²) in [6.45, 7) is 0.710. The molecule has 0 saturated carbocycles. The number of methoxy groups -OCH3 is 1. The van der Waals surface area contributed by atoms with Gasteiger partial charge in [-0.3, -0.25) is 4.79 Å². The van der Waals surface area contributed by atoms with Gasteiger partial charge in [0.15, 0.2) is 11.5 Å². The van der Waals surface area contributed by atoms with Gasteiger partial charge in [0.1, 0.15) is 12.2 Å². The van der Waals surface area contributed by atoms with Crippen LogP contribution >= 0.6 is 0 Å². The molecule has 120 valence electrons. The molecule has 5 atom stereocenters. The van der Waals surface area contributed by atoms with Crippen LogP contribution in [0.3, 0.4) is 0 Å². The third kappa shape index (κ3) is 1.40. The van der Waals surface area contributed by atoms with Crippen molar-refractivity contribution in [3.8, 4) is 11.5 Å². The standard InChI is InChI=1S/C18H19NO4/c1-22-14-5-2-10-8-12-11-3-4-13(21)17-18(11,6-7-19(12)9-20)15(10)16(14)23-17/h2-5,9,11-13,17,21H,6-8H2,1H3/t11-,12-,13-,17-,18+/m0/s1. The molecule has 1 aromatic carbocycles. The zero-order valence-corrected chi connectivity index (χ0v) is 12.9. The van der Waals surface area contributed by atoms with Gasteiger partial charge in [-0.2, -0.15) is 0 Å². The molecule has 0 unspecified atom stereocenters. The SMILES string of the molecule is COc1ccc2c3c1O[C@H]1[C@@H](O)C=C[C@H]4[C@H](C2)N(C=O)CC[C@]341. The normalized spacial score (nSPS) is 38.8. The summed E-state index contributed by atoms with van der Waals surface area (Å²) in [7, 11) is 1.65. The number of carbonyl (C=O) groups is 1. The van der Waals surface area contributed by atoms with E-state index >= 15 is 0 Å². The molecule has 0 aromatic heterocycles. The number of amides is 1. The quantitative estimate of drug-likeness (QED) is 0.654. The second kappa shape index (κ2) is 4.29. The summed E-state index contributed by atoms with van der Waals surface area (Å²) in [6, 6.07) is 4.17. The van der Waals surface area contributed by atoms with Crippen molar-refractivity contribution in [1.82, 2.24) is 4.90 Å². The zero-order chi connectivity index (χ0) is 15.8. The van der Waals surface area contributed by atoms with Crippen molar-refractivity contribution in [2.75, 3.05) is 13.7 Å². The van der Waals surface area contributed by atoms with Gasteiger partial charge in [-0.05, 0) is 24.5 Å². The number of benzene rings is 1. The van der Waals surface area contributed by atoms with E-state index < -0.39 is 6.10 Å². The third-order valence-corrected chi connectivity index (χ3v) is 6.26. The van der Waals surface area contributed by atoms with E-state index in [0.29, 0.717) is 6.54 Å². The van der Waals surface area contributed by atoms with Gasteiger partial charge in [0.05, 0.1) is 7.11 Å². The Bertz CT molecular complexity index is 730. The maximum atomic E-state index is 11.5. The van der Waals surface area contributed by atoms with Gasteiger partial charge in [0.25, 0.3) is 0 Å². The van der Waals surface area contributed by atoms with Crippen LogP contribution in [0.1, 0.15) is 17.5 Å². The molecule has 1 saturated heterocycles. The number of hydrogen-bond donors (Lipinski definition) is 1. The summed E-state index contributed by atoms with van der Waals surface area (Å²) < 4.78 is 11.7. The van der Waals surface area contributed by atoms with E-state index in [1.54, 1.807) is 7.11 Å². The van der Waals surface area contributed by atoms with Gasteiger partial charge in [-0.25, -0.2) is 0 Å². The molecule has 1 amide bonds. The Balaban J connectivity index is 1.80. The van der Waals surface area contributed by atoms with Crippen LogP contribution < -0.4 is 9.47 Å². The van der Waals surface area contributed by atoms with E-state index in [-0.39, 0.29) is 23.5 Å². The topological polar surface area (TPSA) is 59.0 Å². The van der Waals surface area contributed by atoms with Crippen LogP contribution in [-0.4, -0.2) is 48.3 Å². The molecule has 5 rings (SSSR count). The first kappa shape index (κ1) is 13.4. The number of hydrogen-bond acceptors (Lipinski definition) is 4. The molecule has 2 bridgehead atoms. The molecule has 5 heteroatoms. The molecule has 1 fully saturated rings. The highest BCUT2D eigenvalue weighted by Gasteiger charge is 2.64. The smallest absolute Gasteiger partial charge is 0.209 e. The number of aliphatic hydroxyl groups is 1. The van der Waals surface area contributed by atoms with Crippen LogP contribution in [0.5, 0.6) is 11.5 Å². The molecule has 0 radical (unpaired) electrons. The molecule has 1 aromatic rings. The molecular formula is C18H19NO4. The van der Waals surface area contributed by atoms with Crippen LogP contribution in [0.25, 0.3) is 0 Å². The van der Waals surface area contributed by atoms with Gasteiger partial charge in [0, 0.05) is 29.5 Å². The van der Waals surface area contributed by atoms with Crippen LogP contribution in [0.4, 0.5) is 0 Å². The highest BCUT2D eigenvalue weighted by molar-refractivity contribution is 5.63. The highest BCUT2D eigenvalue weighted by atomic mass is 16.5. The lowest BCUT2D eigenvalue weighted by Gasteiger charge is -2.56. The van der Waals surface area contributed by atoms with E-state index in [9.17, 15) is 9.90 Å². The molecule has 2 aliphatic heterocycles. The Labute approximate surface area is 134 Å². The fraction of sp³-hybridized carbons (Fsp3) is 0.500. The van der Waals surface area contributed by atoms with Crippen molar-refractivity contribution in [3.05, 3.63) is 35.4 Å². The van der Waals surface area contributed by atoms with Crippen LogP contribution in [0, 0.1) is 5.92 Å². The summed E-state index contributed by atoms with van der Waals surface area (Å²) in [4.78, 5) is 13.4. The number of piperidine rings is 1. The minimum absolute atomic E-state index is 0.142. The van der Waals surface area contributed by atoms with E-state index in [1.165, 1.54) is 11.1 Å². The molecule has 1 N–H and O–H groups in total. The van der Waals surface area contributed by atoms with E-state index in [1.807, 2.05) is 17.0 Å². The number of carbonyl (C=O) groups excluding carboxylic acids is 1. The Hall–Kier alpha value is -2.01. The second-order valence-electron chi connectivity index (χ2n) is 6.98. The Morgan fingerprint density at radius 2 is 2.30 bits per heavy atom.